The van der Waals surface area contributed by atoms with Gasteiger partial charge in [-0.2, -0.15) is 0 Å². The van der Waals surface area contributed by atoms with Crippen molar-refractivity contribution in [1.82, 2.24) is 0 Å². The van der Waals surface area contributed by atoms with Crippen molar-refractivity contribution in [3.8, 4) is 22.6 Å². The van der Waals surface area contributed by atoms with Gasteiger partial charge in [0.05, 0.1) is 16.6 Å². The maximum absolute atomic E-state index is 12.6. The van der Waals surface area contributed by atoms with E-state index < -0.39 is 21.7 Å². The highest BCUT2D eigenvalue weighted by atomic mass is 32.2. The molecule has 0 bridgehead atoms. The molecule has 0 heterocycles. The average Bonchev–Trinajstić information content (AvgIpc) is 3.69. The van der Waals surface area contributed by atoms with Crippen LogP contribution in [0.2, 0.25) is 0 Å². The van der Waals surface area contributed by atoms with E-state index in [1.54, 1.807) is 24.3 Å². The second-order valence-electron chi connectivity index (χ2n) is 9.17. The lowest BCUT2D eigenvalue weighted by Gasteiger charge is -2.18. The molecule has 0 saturated heterocycles. The van der Waals surface area contributed by atoms with Crippen LogP contribution < -0.4 is 10.5 Å². The minimum Gasteiger partial charge on any atom is -0.457 e. The summed E-state index contributed by atoms with van der Waals surface area (Å²) in [6, 6.07) is 31.4. The highest BCUT2D eigenvalue weighted by Crippen LogP contribution is 2.38. The fourth-order valence-corrected chi connectivity index (χ4v) is 6.05. The van der Waals surface area contributed by atoms with Crippen LogP contribution in [0.3, 0.4) is 0 Å². The summed E-state index contributed by atoms with van der Waals surface area (Å²) in [5.74, 6) is 0.425. The Morgan fingerprint density at radius 1 is 0.833 bits per heavy atom. The number of hydrogen-bond donors (Lipinski definition) is 1. The van der Waals surface area contributed by atoms with Crippen molar-refractivity contribution in [3.05, 3.63) is 114 Å². The standard InChI is InChI=1S/C30H27NO4S/c31-30(32)29(23-13-16-26(17-14-23)36(33,34)20-21-11-12-21)24-15-18-27(22-7-3-1-4-8-22)28(19-24)35-25-9-5-2-6-10-25/h1-10,13-19,21,29H,11-12,20H2,(H2,31,32). The molecule has 1 aliphatic carbocycles. The molecule has 2 N–H and O–H groups in total. The van der Waals surface area contributed by atoms with Crippen LogP contribution in [-0.2, 0) is 14.6 Å². The van der Waals surface area contributed by atoms with Gasteiger partial charge in [-0.15, -0.1) is 0 Å². The molecule has 5 nitrogen and oxygen atoms in total. The summed E-state index contributed by atoms with van der Waals surface area (Å²) in [6.45, 7) is 0. The van der Waals surface area contributed by atoms with E-state index >= 15 is 0 Å². The normalized spacial score (nSPS) is 14.2. The summed E-state index contributed by atoms with van der Waals surface area (Å²) in [5.41, 5.74) is 9.02. The van der Waals surface area contributed by atoms with Crippen LogP contribution in [0.25, 0.3) is 11.1 Å². The summed E-state index contributed by atoms with van der Waals surface area (Å²) in [5, 5.41) is 0. The molecular weight excluding hydrogens is 470 g/mol. The van der Waals surface area contributed by atoms with Crippen molar-refractivity contribution in [2.45, 2.75) is 23.7 Å². The number of carbonyl (C=O) groups excluding carboxylic acids is 1. The van der Waals surface area contributed by atoms with Gasteiger partial charge in [-0.05, 0) is 65.8 Å². The van der Waals surface area contributed by atoms with Gasteiger partial charge >= 0.3 is 0 Å². The fraction of sp³-hybridized carbons (Fsp3) is 0.167. The Morgan fingerprint density at radius 2 is 1.44 bits per heavy atom. The molecule has 1 fully saturated rings. The van der Waals surface area contributed by atoms with E-state index in [0.29, 0.717) is 22.6 Å². The van der Waals surface area contributed by atoms with Gasteiger partial charge in [-0.25, -0.2) is 8.42 Å². The number of para-hydroxylation sites is 1. The predicted molar refractivity (Wildman–Crippen MR) is 141 cm³/mol. The molecule has 1 atom stereocenters. The molecular formula is C30H27NO4S. The fourth-order valence-electron chi connectivity index (χ4n) is 4.35. The first kappa shape index (κ1) is 23.8. The molecule has 5 rings (SSSR count). The number of ether oxygens (including phenoxy) is 1. The maximum atomic E-state index is 12.6. The zero-order chi connectivity index (χ0) is 25.1. The third-order valence-electron chi connectivity index (χ3n) is 6.40. The van der Waals surface area contributed by atoms with Gasteiger partial charge in [-0.1, -0.05) is 72.8 Å². The van der Waals surface area contributed by atoms with Crippen molar-refractivity contribution in [1.29, 1.82) is 0 Å². The minimum absolute atomic E-state index is 0.173. The number of nitrogens with two attached hydrogens (primary N) is 1. The lowest BCUT2D eigenvalue weighted by Crippen LogP contribution is -2.22. The van der Waals surface area contributed by atoms with Gasteiger partial charge in [0.2, 0.25) is 5.91 Å². The number of rotatable bonds is 9. The summed E-state index contributed by atoms with van der Waals surface area (Å²) in [7, 11) is -3.34. The number of amides is 1. The van der Waals surface area contributed by atoms with Gasteiger partial charge in [0, 0.05) is 5.56 Å². The molecule has 0 aliphatic heterocycles. The lowest BCUT2D eigenvalue weighted by atomic mass is 9.89. The van der Waals surface area contributed by atoms with Crippen LogP contribution in [0.4, 0.5) is 0 Å². The smallest absolute Gasteiger partial charge is 0.229 e. The van der Waals surface area contributed by atoms with Crippen LogP contribution in [0.15, 0.2) is 108 Å². The first-order chi connectivity index (χ1) is 17.4. The van der Waals surface area contributed by atoms with E-state index in [0.717, 1.165) is 24.0 Å². The molecule has 1 aliphatic rings. The molecule has 182 valence electrons. The van der Waals surface area contributed by atoms with E-state index in [1.807, 2.05) is 78.9 Å². The molecule has 4 aromatic rings. The van der Waals surface area contributed by atoms with Gasteiger partial charge in [0.25, 0.3) is 0 Å². The Kier molecular flexibility index (Phi) is 6.61. The van der Waals surface area contributed by atoms with Gasteiger partial charge < -0.3 is 10.5 Å². The van der Waals surface area contributed by atoms with E-state index in [-0.39, 0.29) is 16.6 Å². The predicted octanol–water partition coefficient (Wildman–Crippen LogP) is 5.95. The number of primary amides is 1. The molecule has 0 aromatic heterocycles. The Balaban J connectivity index is 1.52. The second kappa shape index (κ2) is 9.99. The zero-order valence-electron chi connectivity index (χ0n) is 19.7. The van der Waals surface area contributed by atoms with E-state index in [4.69, 9.17) is 10.5 Å². The topological polar surface area (TPSA) is 86.5 Å². The first-order valence-electron chi connectivity index (χ1n) is 11.9. The van der Waals surface area contributed by atoms with Crippen LogP contribution >= 0.6 is 0 Å². The average molecular weight is 498 g/mol. The number of sulfone groups is 1. The summed E-state index contributed by atoms with van der Waals surface area (Å²) >= 11 is 0. The van der Waals surface area contributed by atoms with E-state index in [2.05, 4.69) is 0 Å². The number of carbonyl (C=O) groups is 1. The molecule has 0 radical (unpaired) electrons. The summed E-state index contributed by atoms with van der Waals surface area (Å²) in [6.07, 6.45) is 1.93. The molecule has 1 unspecified atom stereocenters. The summed E-state index contributed by atoms with van der Waals surface area (Å²) < 4.78 is 31.5. The quantitative estimate of drug-likeness (QED) is 0.310. The number of benzene rings is 4. The lowest BCUT2D eigenvalue weighted by molar-refractivity contribution is -0.118. The Hall–Kier alpha value is -3.90. The molecule has 4 aromatic carbocycles. The van der Waals surface area contributed by atoms with Crippen LogP contribution in [0.1, 0.15) is 29.9 Å². The van der Waals surface area contributed by atoms with Crippen molar-refractivity contribution in [2.24, 2.45) is 11.7 Å². The first-order valence-corrected chi connectivity index (χ1v) is 13.6. The number of hydrogen-bond acceptors (Lipinski definition) is 4. The Labute approximate surface area is 211 Å². The van der Waals surface area contributed by atoms with Gasteiger partial charge in [-0.3, -0.25) is 4.79 Å². The third-order valence-corrected chi connectivity index (χ3v) is 8.30. The Morgan fingerprint density at radius 3 is 2.06 bits per heavy atom. The van der Waals surface area contributed by atoms with Gasteiger partial charge in [0.1, 0.15) is 11.5 Å². The molecule has 6 heteroatoms. The maximum Gasteiger partial charge on any atom is 0.229 e. The molecule has 0 spiro atoms. The van der Waals surface area contributed by atoms with E-state index in [1.165, 1.54) is 0 Å². The highest BCUT2D eigenvalue weighted by molar-refractivity contribution is 7.91. The van der Waals surface area contributed by atoms with Crippen LogP contribution in [0, 0.1) is 5.92 Å². The SMILES string of the molecule is NC(=O)C(c1ccc(S(=O)(=O)CC2CC2)cc1)c1ccc(-c2ccccc2)c(Oc2ccccc2)c1. The van der Waals surface area contributed by atoms with Crippen molar-refractivity contribution < 1.29 is 17.9 Å². The van der Waals surface area contributed by atoms with Crippen molar-refractivity contribution in [2.75, 3.05) is 5.75 Å². The third kappa shape index (κ3) is 5.34. The second-order valence-corrected chi connectivity index (χ2v) is 11.2. The molecule has 1 saturated carbocycles. The van der Waals surface area contributed by atoms with Gasteiger partial charge in [0.15, 0.2) is 9.84 Å². The van der Waals surface area contributed by atoms with E-state index in [9.17, 15) is 13.2 Å². The Bertz CT molecular complexity index is 1460. The van der Waals surface area contributed by atoms with Crippen molar-refractivity contribution >= 4 is 15.7 Å². The van der Waals surface area contributed by atoms with Crippen LogP contribution in [0.5, 0.6) is 11.5 Å². The summed E-state index contributed by atoms with van der Waals surface area (Å²) in [4.78, 5) is 12.9. The largest absolute Gasteiger partial charge is 0.457 e. The highest BCUT2D eigenvalue weighted by Gasteiger charge is 2.29. The van der Waals surface area contributed by atoms with Crippen molar-refractivity contribution in [3.63, 3.8) is 0 Å². The molecule has 1 amide bonds. The zero-order valence-corrected chi connectivity index (χ0v) is 20.5. The monoisotopic (exact) mass is 497 g/mol. The molecule has 36 heavy (non-hydrogen) atoms. The van der Waals surface area contributed by atoms with Crippen LogP contribution in [-0.4, -0.2) is 20.1 Å². The minimum atomic E-state index is -3.34.